The van der Waals surface area contributed by atoms with Crippen molar-refractivity contribution in [2.75, 3.05) is 0 Å². The summed E-state index contributed by atoms with van der Waals surface area (Å²) >= 11 is 0. The van der Waals surface area contributed by atoms with E-state index in [1.54, 1.807) is 0 Å². The summed E-state index contributed by atoms with van der Waals surface area (Å²) in [6, 6.07) is 23.4. The fourth-order valence-corrected chi connectivity index (χ4v) is 2.78. The van der Waals surface area contributed by atoms with Gasteiger partial charge in [-0.2, -0.15) is 0 Å². The van der Waals surface area contributed by atoms with Gasteiger partial charge in [0.25, 0.3) is 0 Å². The Morgan fingerprint density at radius 2 is 1.57 bits per heavy atom. The lowest BCUT2D eigenvalue weighted by Gasteiger charge is -2.02. The van der Waals surface area contributed by atoms with Gasteiger partial charge in [0.2, 0.25) is 0 Å². The number of rotatable bonds is 3. The van der Waals surface area contributed by atoms with E-state index in [9.17, 15) is 0 Å². The second-order valence-corrected chi connectivity index (χ2v) is 5.38. The molecule has 1 heterocycles. The zero-order chi connectivity index (χ0) is 14.1. The molecule has 0 unspecified atom stereocenters. The lowest BCUT2D eigenvalue weighted by Crippen LogP contribution is -1.93. The Balaban J connectivity index is 1.57. The minimum atomic E-state index is 0.938. The summed E-state index contributed by atoms with van der Waals surface area (Å²) in [7, 11) is 0. The number of nitrogens with one attached hydrogen (secondary N) is 1. The van der Waals surface area contributed by atoms with Gasteiger partial charge in [-0.1, -0.05) is 54.6 Å². The molecule has 0 aliphatic rings. The third kappa shape index (κ3) is 2.40. The van der Waals surface area contributed by atoms with Crippen molar-refractivity contribution in [2.24, 2.45) is 0 Å². The maximum atomic E-state index is 4.63. The van der Waals surface area contributed by atoms with E-state index >= 15 is 0 Å². The predicted molar refractivity (Wildman–Crippen MR) is 87.4 cm³/mol. The molecule has 0 radical (unpaired) electrons. The number of H-pyrrole nitrogens is 1. The molecule has 2 heteroatoms. The molecule has 0 bridgehead atoms. The average molecular weight is 272 g/mol. The Hall–Kier alpha value is -2.61. The van der Waals surface area contributed by atoms with Crippen molar-refractivity contribution in [2.45, 2.75) is 12.8 Å². The first-order valence-electron chi connectivity index (χ1n) is 7.30. The highest BCUT2D eigenvalue weighted by Crippen LogP contribution is 2.17. The molecule has 0 spiro atoms. The first kappa shape index (κ1) is 12.2. The summed E-state index contributed by atoms with van der Waals surface area (Å²) in [6.07, 6.45) is 1.94. The standard InChI is InChI=1S/C19H16N2/c1-2-6-16-13-14(9-11-15(16)5-1)10-12-19-20-17-7-3-4-8-18(17)21-19/h1-9,11,13H,10,12H2,(H,20,21). The van der Waals surface area contributed by atoms with Crippen LogP contribution < -0.4 is 0 Å². The average Bonchev–Trinajstić information content (AvgIpc) is 2.95. The van der Waals surface area contributed by atoms with Gasteiger partial charge in [0.05, 0.1) is 11.0 Å². The Morgan fingerprint density at radius 3 is 2.48 bits per heavy atom. The number of para-hydroxylation sites is 2. The number of imidazole rings is 1. The largest absolute Gasteiger partial charge is 0.342 e. The van der Waals surface area contributed by atoms with Crippen LogP contribution in [-0.2, 0) is 12.8 Å². The molecule has 4 aromatic rings. The van der Waals surface area contributed by atoms with Gasteiger partial charge >= 0.3 is 0 Å². The number of aromatic amines is 1. The van der Waals surface area contributed by atoms with Crippen molar-refractivity contribution in [1.29, 1.82) is 0 Å². The maximum absolute atomic E-state index is 4.63. The van der Waals surface area contributed by atoms with E-state index in [4.69, 9.17) is 0 Å². The summed E-state index contributed by atoms with van der Waals surface area (Å²) in [5.74, 6) is 1.06. The van der Waals surface area contributed by atoms with E-state index < -0.39 is 0 Å². The zero-order valence-corrected chi connectivity index (χ0v) is 11.7. The summed E-state index contributed by atoms with van der Waals surface area (Å²) < 4.78 is 0. The van der Waals surface area contributed by atoms with Crippen LogP contribution in [0.4, 0.5) is 0 Å². The smallest absolute Gasteiger partial charge is 0.107 e. The number of aryl methyl sites for hydroxylation is 2. The molecule has 1 aromatic heterocycles. The molecule has 0 atom stereocenters. The highest BCUT2D eigenvalue weighted by Gasteiger charge is 2.03. The van der Waals surface area contributed by atoms with Gasteiger partial charge < -0.3 is 4.98 Å². The lowest BCUT2D eigenvalue weighted by molar-refractivity contribution is 0.891. The molecule has 0 amide bonds. The number of benzene rings is 3. The monoisotopic (exact) mass is 272 g/mol. The van der Waals surface area contributed by atoms with Crippen molar-refractivity contribution < 1.29 is 0 Å². The Kier molecular flexibility index (Phi) is 2.93. The van der Waals surface area contributed by atoms with Crippen LogP contribution in [0.1, 0.15) is 11.4 Å². The van der Waals surface area contributed by atoms with Crippen molar-refractivity contribution in [3.8, 4) is 0 Å². The van der Waals surface area contributed by atoms with Gasteiger partial charge in [0, 0.05) is 6.42 Å². The van der Waals surface area contributed by atoms with Crippen LogP contribution in [0.3, 0.4) is 0 Å². The minimum Gasteiger partial charge on any atom is -0.342 e. The van der Waals surface area contributed by atoms with Gasteiger partial charge in [-0.25, -0.2) is 4.98 Å². The van der Waals surface area contributed by atoms with E-state index in [1.165, 1.54) is 16.3 Å². The van der Waals surface area contributed by atoms with Crippen molar-refractivity contribution in [3.05, 3.63) is 78.1 Å². The van der Waals surface area contributed by atoms with Crippen molar-refractivity contribution >= 4 is 21.8 Å². The van der Waals surface area contributed by atoms with Crippen LogP contribution >= 0.6 is 0 Å². The van der Waals surface area contributed by atoms with E-state index in [0.717, 1.165) is 29.7 Å². The molecular weight excluding hydrogens is 256 g/mol. The number of aromatic nitrogens is 2. The Bertz CT molecular complexity index is 872. The quantitative estimate of drug-likeness (QED) is 0.584. The van der Waals surface area contributed by atoms with Crippen LogP contribution in [-0.4, -0.2) is 9.97 Å². The molecule has 21 heavy (non-hydrogen) atoms. The van der Waals surface area contributed by atoms with Crippen molar-refractivity contribution in [3.63, 3.8) is 0 Å². The molecule has 102 valence electrons. The van der Waals surface area contributed by atoms with Gasteiger partial charge in [-0.3, -0.25) is 0 Å². The van der Waals surface area contributed by atoms with Crippen LogP contribution in [0, 0.1) is 0 Å². The van der Waals surface area contributed by atoms with Gasteiger partial charge in [-0.15, -0.1) is 0 Å². The van der Waals surface area contributed by atoms with E-state index in [2.05, 4.69) is 58.5 Å². The van der Waals surface area contributed by atoms with E-state index in [1.807, 2.05) is 18.2 Å². The molecule has 1 N–H and O–H groups in total. The highest BCUT2D eigenvalue weighted by molar-refractivity contribution is 5.83. The maximum Gasteiger partial charge on any atom is 0.107 e. The Morgan fingerprint density at radius 1 is 0.762 bits per heavy atom. The SMILES string of the molecule is c1ccc2cc(CCc3nc4ccccc4[nH]3)ccc2c1. The lowest BCUT2D eigenvalue weighted by atomic mass is 10.0. The van der Waals surface area contributed by atoms with Crippen LogP contribution in [0.5, 0.6) is 0 Å². The van der Waals surface area contributed by atoms with Crippen LogP contribution in [0.2, 0.25) is 0 Å². The molecule has 0 saturated heterocycles. The first-order chi connectivity index (χ1) is 10.4. The topological polar surface area (TPSA) is 28.7 Å². The number of hydrogen-bond donors (Lipinski definition) is 1. The molecular formula is C19H16N2. The molecule has 0 aliphatic heterocycles. The van der Waals surface area contributed by atoms with Gasteiger partial charge in [-0.05, 0) is 34.9 Å². The fourth-order valence-electron chi connectivity index (χ4n) is 2.78. The number of hydrogen-bond acceptors (Lipinski definition) is 1. The third-order valence-corrected chi connectivity index (χ3v) is 3.90. The predicted octanol–water partition coefficient (Wildman–Crippen LogP) is 4.50. The zero-order valence-electron chi connectivity index (χ0n) is 11.7. The molecule has 3 aromatic carbocycles. The van der Waals surface area contributed by atoms with Crippen LogP contribution in [0.15, 0.2) is 66.7 Å². The molecule has 0 fully saturated rings. The molecule has 0 saturated carbocycles. The fraction of sp³-hybridized carbons (Fsp3) is 0.105. The minimum absolute atomic E-state index is 0.938. The summed E-state index contributed by atoms with van der Waals surface area (Å²) in [4.78, 5) is 8.03. The Labute approximate surface area is 123 Å². The molecule has 2 nitrogen and oxygen atoms in total. The highest BCUT2D eigenvalue weighted by atomic mass is 14.9. The van der Waals surface area contributed by atoms with Crippen LogP contribution in [0.25, 0.3) is 21.8 Å². The molecule has 0 aliphatic carbocycles. The van der Waals surface area contributed by atoms with E-state index in [-0.39, 0.29) is 0 Å². The third-order valence-electron chi connectivity index (χ3n) is 3.90. The van der Waals surface area contributed by atoms with Crippen molar-refractivity contribution in [1.82, 2.24) is 9.97 Å². The number of fused-ring (bicyclic) bond motifs is 2. The normalized spacial score (nSPS) is 11.2. The summed E-state index contributed by atoms with van der Waals surface area (Å²) in [5.41, 5.74) is 3.52. The summed E-state index contributed by atoms with van der Waals surface area (Å²) in [5, 5.41) is 2.60. The van der Waals surface area contributed by atoms with E-state index in [0.29, 0.717) is 0 Å². The second-order valence-electron chi connectivity index (χ2n) is 5.38. The number of nitrogens with zero attached hydrogens (tertiary/aromatic N) is 1. The van der Waals surface area contributed by atoms with Gasteiger partial charge in [0.15, 0.2) is 0 Å². The molecule has 4 rings (SSSR count). The van der Waals surface area contributed by atoms with Gasteiger partial charge in [0.1, 0.15) is 5.82 Å². The first-order valence-corrected chi connectivity index (χ1v) is 7.30. The second kappa shape index (κ2) is 5.06. The summed E-state index contributed by atoms with van der Waals surface area (Å²) in [6.45, 7) is 0.